The molecule has 0 unspecified atom stereocenters. The minimum Gasteiger partial charge on any atom is -0.288 e. The first-order valence-electron chi connectivity index (χ1n) is 5.03. The Morgan fingerprint density at radius 2 is 2.17 bits per heavy atom. The van der Waals surface area contributed by atoms with E-state index in [-0.39, 0.29) is 11.8 Å². The first-order chi connectivity index (χ1) is 8.58. The van der Waals surface area contributed by atoms with Gasteiger partial charge < -0.3 is 0 Å². The molecule has 1 amide bonds. The molecule has 0 aliphatic carbocycles. The van der Waals surface area contributed by atoms with E-state index in [1.165, 1.54) is 6.92 Å². The van der Waals surface area contributed by atoms with Crippen LogP contribution in [0.15, 0.2) is 29.2 Å². The number of carbonyl (C=O) groups excluding carboxylic acids is 1. The molecule has 0 fully saturated rings. The van der Waals surface area contributed by atoms with Gasteiger partial charge in [-0.25, -0.2) is 15.6 Å². The van der Waals surface area contributed by atoms with Gasteiger partial charge in [0.05, 0.1) is 0 Å². The van der Waals surface area contributed by atoms with Crippen molar-refractivity contribution >= 4 is 11.9 Å². The summed E-state index contributed by atoms with van der Waals surface area (Å²) < 4.78 is 0. The summed E-state index contributed by atoms with van der Waals surface area (Å²) in [7, 11) is 0. The molecule has 0 saturated heterocycles. The second-order valence-electron chi connectivity index (χ2n) is 3.41. The largest absolute Gasteiger partial charge is 0.349 e. The molecule has 8 heteroatoms. The van der Waals surface area contributed by atoms with Crippen LogP contribution in [-0.2, 0) is 4.79 Å². The lowest BCUT2D eigenvalue weighted by atomic mass is 10.3. The number of anilines is 1. The van der Waals surface area contributed by atoms with Gasteiger partial charge in [-0.05, 0) is 12.1 Å². The highest BCUT2D eigenvalue weighted by molar-refractivity contribution is 5.88. The van der Waals surface area contributed by atoms with Gasteiger partial charge in [0.1, 0.15) is 5.69 Å². The molecule has 2 rings (SSSR count). The average Bonchev–Trinajstić information content (AvgIpc) is 2.38. The zero-order valence-corrected chi connectivity index (χ0v) is 9.49. The summed E-state index contributed by atoms with van der Waals surface area (Å²) in [5.41, 5.74) is -0.201. The highest BCUT2D eigenvalue weighted by Gasteiger charge is 2.13. The molecule has 92 valence electrons. The van der Waals surface area contributed by atoms with E-state index in [0.29, 0.717) is 10.7 Å². The van der Waals surface area contributed by atoms with Crippen molar-refractivity contribution in [3.05, 3.63) is 34.9 Å². The van der Waals surface area contributed by atoms with Gasteiger partial charge in [0.2, 0.25) is 5.91 Å². The van der Waals surface area contributed by atoms with Crippen molar-refractivity contribution in [2.24, 2.45) is 5.84 Å². The number of aromatic nitrogens is 4. The van der Waals surface area contributed by atoms with Crippen LogP contribution in [0.1, 0.15) is 6.92 Å². The standard InChI is InChI=1S/C10H10N6O2/c1-6(17)16(11)9-13-8(14-10(18)15-9)7-4-2-3-5-12-7/h2-5H,11H2,1H3,(H,13,14,15,18). The summed E-state index contributed by atoms with van der Waals surface area (Å²) in [5.74, 6) is 4.98. The van der Waals surface area contributed by atoms with E-state index in [9.17, 15) is 9.59 Å². The maximum Gasteiger partial charge on any atom is 0.349 e. The lowest BCUT2D eigenvalue weighted by Gasteiger charge is -2.11. The smallest absolute Gasteiger partial charge is 0.288 e. The van der Waals surface area contributed by atoms with Crippen LogP contribution in [0.25, 0.3) is 11.5 Å². The number of hydrogen-bond donors (Lipinski definition) is 2. The van der Waals surface area contributed by atoms with E-state index in [2.05, 4.69) is 19.9 Å². The van der Waals surface area contributed by atoms with Crippen molar-refractivity contribution in [2.45, 2.75) is 6.92 Å². The molecule has 3 N–H and O–H groups in total. The highest BCUT2D eigenvalue weighted by atomic mass is 16.2. The van der Waals surface area contributed by atoms with E-state index in [0.717, 1.165) is 0 Å². The summed E-state index contributed by atoms with van der Waals surface area (Å²) in [5, 5.41) is 0.696. The molecule has 18 heavy (non-hydrogen) atoms. The van der Waals surface area contributed by atoms with Gasteiger partial charge in [-0.3, -0.25) is 14.8 Å². The molecule has 2 aromatic rings. The van der Waals surface area contributed by atoms with Crippen LogP contribution in [0, 0.1) is 0 Å². The van der Waals surface area contributed by atoms with Crippen LogP contribution in [-0.4, -0.2) is 25.8 Å². The maximum absolute atomic E-state index is 11.4. The van der Waals surface area contributed by atoms with Crippen LogP contribution >= 0.6 is 0 Å². The van der Waals surface area contributed by atoms with Crippen LogP contribution in [0.2, 0.25) is 0 Å². The number of H-pyrrole nitrogens is 1. The molecule has 0 aromatic carbocycles. The van der Waals surface area contributed by atoms with Crippen molar-refractivity contribution in [1.82, 2.24) is 19.9 Å². The summed E-state index contributed by atoms with van der Waals surface area (Å²) in [6, 6.07) is 5.14. The zero-order chi connectivity index (χ0) is 13.1. The molecule has 0 radical (unpaired) electrons. The van der Waals surface area contributed by atoms with Gasteiger partial charge in [-0.2, -0.15) is 9.97 Å². The Morgan fingerprint density at radius 3 is 2.78 bits per heavy atom. The predicted molar refractivity (Wildman–Crippen MR) is 63.2 cm³/mol. The van der Waals surface area contributed by atoms with Crippen LogP contribution in [0.3, 0.4) is 0 Å². The van der Waals surface area contributed by atoms with Crippen molar-refractivity contribution in [3.8, 4) is 11.5 Å². The Balaban J connectivity index is 2.51. The van der Waals surface area contributed by atoms with Crippen LogP contribution in [0.4, 0.5) is 5.95 Å². The number of aromatic amines is 1. The first kappa shape index (κ1) is 11.9. The number of pyridine rings is 1. The number of hydrogen-bond acceptors (Lipinski definition) is 6. The summed E-state index contributed by atoms with van der Waals surface area (Å²) in [4.78, 5) is 36.4. The lowest BCUT2D eigenvalue weighted by molar-refractivity contribution is -0.116. The molecule has 2 heterocycles. The maximum atomic E-state index is 11.4. The minimum absolute atomic E-state index is 0.174. The molecule has 2 aromatic heterocycles. The third-order valence-electron chi connectivity index (χ3n) is 2.10. The number of nitrogens with one attached hydrogen (secondary N) is 1. The fourth-order valence-corrected chi connectivity index (χ4v) is 1.25. The Bertz CT molecular complexity index is 624. The van der Waals surface area contributed by atoms with Gasteiger partial charge in [-0.15, -0.1) is 0 Å². The summed E-state index contributed by atoms with van der Waals surface area (Å²) in [6.45, 7) is 1.24. The van der Waals surface area contributed by atoms with Crippen LogP contribution in [0.5, 0.6) is 0 Å². The van der Waals surface area contributed by atoms with Crippen LogP contribution < -0.4 is 16.5 Å². The van der Waals surface area contributed by atoms with Crippen molar-refractivity contribution in [2.75, 3.05) is 5.01 Å². The lowest BCUT2D eigenvalue weighted by Crippen LogP contribution is -2.38. The monoisotopic (exact) mass is 246 g/mol. The SMILES string of the molecule is CC(=O)N(N)c1nc(-c2ccccn2)[nH]c(=O)n1. The Morgan fingerprint density at radius 1 is 1.39 bits per heavy atom. The van der Waals surface area contributed by atoms with Gasteiger partial charge >= 0.3 is 5.69 Å². The predicted octanol–water partition coefficient (Wildman–Crippen LogP) is -0.546. The normalized spacial score (nSPS) is 10.1. The number of rotatable bonds is 2. The van der Waals surface area contributed by atoms with Gasteiger partial charge in [0, 0.05) is 13.1 Å². The molecular formula is C10H10N6O2. The molecular weight excluding hydrogens is 236 g/mol. The van der Waals surface area contributed by atoms with Gasteiger partial charge in [-0.1, -0.05) is 6.07 Å². The number of nitrogens with two attached hydrogens (primary N) is 1. The van der Waals surface area contributed by atoms with E-state index in [1.54, 1.807) is 24.4 Å². The fraction of sp³-hybridized carbons (Fsp3) is 0.100. The van der Waals surface area contributed by atoms with Crippen molar-refractivity contribution in [1.29, 1.82) is 0 Å². The minimum atomic E-state index is -0.655. The van der Waals surface area contributed by atoms with E-state index < -0.39 is 11.6 Å². The molecule has 0 aliphatic heterocycles. The second-order valence-corrected chi connectivity index (χ2v) is 3.41. The Hall–Kier alpha value is -2.61. The van der Waals surface area contributed by atoms with E-state index >= 15 is 0 Å². The van der Waals surface area contributed by atoms with E-state index in [1.807, 2.05) is 0 Å². The molecule has 0 atom stereocenters. The fourth-order valence-electron chi connectivity index (χ4n) is 1.25. The molecule has 0 saturated carbocycles. The Labute approximate surface area is 101 Å². The summed E-state index contributed by atoms with van der Waals surface area (Å²) >= 11 is 0. The molecule has 0 spiro atoms. The highest BCUT2D eigenvalue weighted by Crippen LogP contribution is 2.10. The third kappa shape index (κ3) is 2.38. The number of nitrogens with zero attached hydrogens (tertiary/aromatic N) is 4. The Kier molecular flexibility index (Phi) is 3.11. The number of carbonyl (C=O) groups is 1. The molecule has 0 aliphatic rings. The molecule has 0 bridgehead atoms. The summed E-state index contributed by atoms with van der Waals surface area (Å²) in [6.07, 6.45) is 1.56. The third-order valence-corrected chi connectivity index (χ3v) is 2.10. The van der Waals surface area contributed by atoms with Gasteiger partial charge in [0.25, 0.3) is 5.95 Å². The van der Waals surface area contributed by atoms with Gasteiger partial charge in [0.15, 0.2) is 5.82 Å². The van der Waals surface area contributed by atoms with Crippen molar-refractivity contribution < 1.29 is 4.79 Å². The van der Waals surface area contributed by atoms with Crippen molar-refractivity contribution in [3.63, 3.8) is 0 Å². The number of hydrazine groups is 1. The number of amides is 1. The van der Waals surface area contributed by atoms with E-state index in [4.69, 9.17) is 5.84 Å². The first-order valence-corrected chi connectivity index (χ1v) is 5.03. The zero-order valence-electron chi connectivity index (χ0n) is 9.49. The quantitative estimate of drug-likeness (QED) is 0.417. The second kappa shape index (κ2) is 4.72. The average molecular weight is 246 g/mol. The molecule has 8 nitrogen and oxygen atoms in total. The topological polar surface area (TPSA) is 118 Å².